The summed E-state index contributed by atoms with van der Waals surface area (Å²) >= 11 is 0. The molecular weight excluding hydrogens is 305 g/mol. The number of likely N-dealkylation sites (tertiary alicyclic amines) is 1. The number of aliphatic carboxylic acids is 1. The first-order valence-corrected chi connectivity index (χ1v) is 7.05. The minimum absolute atomic E-state index is 0.0298. The number of carbonyl (C=O) groups is 2. The van der Waals surface area contributed by atoms with Gasteiger partial charge in [-0.3, -0.25) is 19.3 Å². The lowest BCUT2D eigenvalue weighted by Gasteiger charge is -2.41. The van der Waals surface area contributed by atoms with Crippen molar-refractivity contribution in [2.45, 2.75) is 58.0 Å². The van der Waals surface area contributed by atoms with E-state index in [-0.39, 0.29) is 19.1 Å². The van der Waals surface area contributed by atoms with Crippen LogP contribution in [0.15, 0.2) is 0 Å². The average molecular weight is 326 g/mol. The molecule has 0 spiro atoms. The maximum atomic E-state index is 12.7. The Hall–Kier alpha value is -1.35. The van der Waals surface area contributed by atoms with Crippen LogP contribution in [0, 0.1) is 0 Å². The van der Waals surface area contributed by atoms with Crippen LogP contribution in [0.25, 0.3) is 0 Å². The number of carbonyl (C=O) groups excluding carboxylic acids is 1. The molecule has 128 valence electrons. The maximum absolute atomic E-state index is 12.7. The molecule has 0 aromatic carbocycles. The minimum Gasteiger partial charge on any atom is -0.480 e. The highest BCUT2D eigenvalue weighted by Crippen LogP contribution is 2.26. The van der Waals surface area contributed by atoms with E-state index in [0.717, 1.165) is 0 Å². The van der Waals surface area contributed by atoms with Crippen LogP contribution in [0.2, 0.25) is 0 Å². The molecule has 0 bridgehead atoms. The summed E-state index contributed by atoms with van der Waals surface area (Å²) in [6.45, 7) is 4.60. The van der Waals surface area contributed by atoms with Crippen molar-refractivity contribution >= 4 is 11.9 Å². The lowest BCUT2D eigenvalue weighted by atomic mass is 9.99. The fourth-order valence-corrected chi connectivity index (χ4v) is 2.40. The van der Waals surface area contributed by atoms with E-state index in [1.807, 2.05) is 0 Å². The Morgan fingerprint density at radius 3 is 2.41 bits per heavy atom. The van der Waals surface area contributed by atoms with Crippen LogP contribution >= 0.6 is 0 Å². The molecule has 1 aliphatic heterocycles. The first-order valence-electron chi connectivity index (χ1n) is 7.05. The van der Waals surface area contributed by atoms with E-state index in [4.69, 9.17) is 9.94 Å². The summed E-state index contributed by atoms with van der Waals surface area (Å²) in [4.78, 5) is 29.0. The third-order valence-corrected chi connectivity index (χ3v) is 3.42. The Labute approximate surface area is 126 Å². The average Bonchev–Trinajstić information content (AvgIpc) is 2.36. The van der Waals surface area contributed by atoms with Crippen molar-refractivity contribution in [1.29, 1.82) is 0 Å². The monoisotopic (exact) mass is 326 g/mol. The third-order valence-electron chi connectivity index (χ3n) is 3.42. The first-order chi connectivity index (χ1) is 10.0. The van der Waals surface area contributed by atoms with Gasteiger partial charge in [-0.1, -0.05) is 0 Å². The molecule has 1 unspecified atom stereocenters. The molecule has 1 N–H and O–H groups in total. The largest absolute Gasteiger partial charge is 0.480 e. The Kier molecular flexibility index (Phi) is 6.18. The number of halogens is 3. The Bertz CT molecular complexity index is 415. The zero-order valence-electron chi connectivity index (χ0n) is 12.8. The Balaban J connectivity index is 2.89. The van der Waals surface area contributed by atoms with E-state index in [1.54, 1.807) is 6.92 Å². The molecule has 1 rings (SSSR count). The molecule has 22 heavy (non-hydrogen) atoms. The molecule has 2 atom stereocenters. The van der Waals surface area contributed by atoms with Crippen LogP contribution in [-0.4, -0.2) is 64.4 Å². The van der Waals surface area contributed by atoms with E-state index >= 15 is 0 Å². The molecular formula is C13H21F3N2O4. The van der Waals surface area contributed by atoms with E-state index in [9.17, 15) is 22.8 Å². The van der Waals surface area contributed by atoms with Crippen molar-refractivity contribution in [1.82, 2.24) is 9.96 Å². The molecule has 6 nitrogen and oxygen atoms in total. The number of nitrogens with zero attached hydrogens (tertiary/aromatic N) is 2. The number of piperidine rings is 1. The number of hydrogen-bond acceptors (Lipinski definition) is 4. The van der Waals surface area contributed by atoms with Crippen molar-refractivity contribution in [2.75, 3.05) is 13.1 Å². The van der Waals surface area contributed by atoms with Crippen molar-refractivity contribution in [2.24, 2.45) is 0 Å². The number of hydrogen-bond donors (Lipinski definition) is 1. The van der Waals surface area contributed by atoms with Crippen LogP contribution in [0.3, 0.4) is 0 Å². The lowest BCUT2D eigenvalue weighted by molar-refractivity contribution is -0.254. The van der Waals surface area contributed by atoms with E-state index in [2.05, 4.69) is 0 Å². The van der Waals surface area contributed by atoms with Crippen LogP contribution in [-0.2, 0) is 14.4 Å². The van der Waals surface area contributed by atoms with Gasteiger partial charge < -0.3 is 5.11 Å². The molecule has 1 aliphatic rings. The SMILES string of the molecule is CC(C)ON(C(=O)C(F)(F)F)C1CC[C@@H](C)N(CC(=O)O)C1. The summed E-state index contributed by atoms with van der Waals surface area (Å²) in [5.74, 6) is -3.12. The van der Waals surface area contributed by atoms with Gasteiger partial charge in [0.1, 0.15) is 0 Å². The van der Waals surface area contributed by atoms with Gasteiger partial charge in [-0.25, -0.2) is 5.06 Å². The van der Waals surface area contributed by atoms with E-state index in [0.29, 0.717) is 17.9 Å². The van der Waals surface area contributed by atoms with Gasteiger partial charge in [0.05, 0.1) is 18.7 Å². The normalized spacial score (nSPS) is 23.6. The predicted octanol–water partition coefficient (Wildman–Crippen LogP) is 1.65. The maximum Gasteiger partial charge on any atom is 0.473 e. The molecule has 9 heteroatoms. The summed E-state index contributed by atoms with van der Waals surface area (Å²) in [5.41, 5.74) is 0. The van der Waals surface area contributed by atoms with Gasteiger partial charge in [-0.05, 0) is 33.6 Å². The second kappa shape index (κ2) is 7.28. The summed E-state index contributed by atoms with van der Waals surface area (Å²) in [5, 5.41) is 9.23. The molecule has 1 heterocycles. The fraction of sp³-hybridized carbons (Fsp3) is 0.846. The van der Waals surface area contributed by atoms with Gasteiger partial charge >= 0.3 is 18.1 Å². The molecule has 0 aromatic heterocycles. The van der Waals surface area contributed by atoms with Crippen molar-refractivity contribution in [3.63, 3.8) is 0 Å². The molecule has 0 saturated carbocycles. The van der Waals surface area contributed by atoms with Crippen molar-refractivity contribution in [3.8, 4) is 0 Å². The fourth-order valence-electron chi connectivity index (χ4n) is 2.40. The molecule has 0 aliphatic carbocycles. The summed E-state index contributed by atoms with van der Waals surface area (Å²) in [6.07, 6.45) is -4.82. The first kappa shape index (κ1) is 18.7. The summed E-state index contributed by atoms with van der Waals surface area (Å²) in [6, 6.07) is -0.902. The van der Waals surface area contributed by atoms with Gasteiger partial charge in [0, 0.05) is 12.6 Å². The van der Waals surface area contributed by atoms with E-state index < -0.39 is 30.2 Å². The summed E-state index contributed by atoms with van der Waals surface area (Å²) < 4.78 is 38.1. The van der Waals surface area contributed by atoms with Gasteiger partial charge in [-0.15, -0.1) is 0 Å². The quantitative estimate of drug-likeness (QED) is 0.778. The third kappa shape index (κ3) is 5.13. The number of rotatable bonds is 5. The van der Waals surface area contributed by atoms with Crippen molar-refractivity contribution in [3.05, 3.63) is 0 Å². The predicted molar refractivity (Wildman–Crippen MR) is 70.8 cm³/mol. The molecule has 1 fully saturated rings. The second-order valence-corrected chi connectivity index (χ2v) is 5.69. The zero-order chi connectivity index (χ0) is 17.1. The van der Waals surface area contributed by atoms with Crippen LogP contribution in [0.5, 0.6) is 0 Å². The number of alkyl halides is 3. The van der Waals surface area contributed by atoms with Gasteiger partial charge in [-0.2, -0.15) is 13.2 Å². The van der Waals surface area contributed by atoms with E-state index in [1.165, 1.54) is 18.7 Å². The standard InChI is InChI=1S/C13H21F3N2O4/c1-8(2)22-18(12(21)13(14,15)16)10-5-4-9(3)17(6-10)7-11(19)20/h8-10H,4-7H2,1-3H3,(H,19,20)/t9-,10?/m1/s1. The van der Waals surface area contributed by atoms with Gasteiger partial charge in [0.15, 0.2) is 0 Å². The van der Waals surface area contributed by atoms with Crippen LogP contribution in [0.1, 0.15) is 33.6 Å². The molecule has 1 amide bonds. The Morgan fingerprint density at radius 1 is 1.36 bits per heavy atom. The van der Waals surface area contributed by atoms with Gasteiger partial charge in [0.2, 0.25) is 0 Å². The smallest absolute Gasteiger partial charge is 0.473 e. The van der Waals surface area contributed by atoms with Crippen molar-refractivity contribution < 1.29 is 32.7 Å². The highest BCUT2D eigenvalue weighted by molar-refractivity contribution is 5.81. The van der Waals surface area contributed by atoms with Crippen LogP contribution in [0.4, 0.5) is 13.2 Å². The number of hydroxylamine groups is 2. The lowest BCUT2D eigenvalue weighted by Crippen LogP contribution is -2.56. The minimum atomic E-state index is -5.03. The highest BCUT2D eigenvalue weighted by Gasteiger charge is 2.47. The van der Waals surface area contributed by atoms with Gasteiger partial charge in [0.25, 0.3) is 0 Å². The van der Waals surface area contributed by atoms with Crippen LogP contribution < -0.4 is 0 Å². The topological polar surface area (TPSA) is 70.1 Å². The highest BCUT2D eigenvalue weighted by atomic mass is 19.4. The zero-order valence-corrected chi connectivity index (χ0v) is 12.8. The Morgan fingerprint density at radius 2 is 1.95 bits per heavy atom. The number of carboxylic acid groups (broad SMARTS) is 1. The number of carboxylic acids is 1. The number of amides is 1. The summed E-state index contributed by atoms with van der Waals surface area (Å²) in [7, 11) is 0. The molecule has 0 radical (unpaired) electrons. The molecule has 0 aromatic rings. The molecule has 1 saturated heterocycles. The second-order valence-electron chi connectivity index (χ2n) is 5.69.